The summed E-state index contributed by atoms with van der Waals surface area (Å²) in [6.45, 7) is 0.666. The quantitative estimate of drug-likeness (QED) is 0.713. The van der Waals surface area contributed by atoms with Crippen molar-refractivity contribution in [2.24, 2.45) is 0 Å². The van der Waals surface area contributed by atoms with Crippen molar-refractivity contribution < 1.29 is 4.79 Å². The Bertz CT molecular complexity index is 892. The van der Waals surface area contributed by atoms with Crippen LogP contribution in [0.4, 0.5) is 11.5 Å². The second kappa shape index (κ2) is 7.31. The molecule has 1 amide bonds. The zero-order chi connectivity index (χ0) is 17.8. The smallest absolute Gasteiger partial charge is 0.255 e. The van der Waals surface area contributed by atoms with E-state index in [4.69, 9.17) is 0 Å². The normalized spacial score (nSPS) is 13.2. The molecular weight excluding hydrogens is 326 g/mol. The molecule has 0 spiro atoms. The van der Waals surface area contributed by atoms with Crippen LogP contribution in [0.5, 0.6) is 0 Å². The van der Waals surface area contributed by atoms with Gasteiger partial charge in [-0.3, -0.25) is 9.78 Å². The van der Waals surface area contributed by atoms with Gasteiger partial charge in [0.25, 0.3) is 5.91 Å². The maximum absolute atomic E-state index is 12.1. The monoisotopic (exact) mass is 345 g/mol. The number of pyridine rings is 1. The number of rotatable bonds is 6. The van der Waals surface area contributed by atoms with E-state index in [1.807, 2.05) is 30.3 Å². The van der Waals surface area contributed by atoms with Crippen molar-refractivity contribution in [3.63, 3.8) is 0 Å². The summed E-state index contributed by atoms with van der Waals surface area (Å²) in [4.78, 5) is 24.9. The molecule has 2 N–H and O–H groups in total. The summed E-state index contributed by atoms with van der Waals surface area (Å²) >= 11 is 0. The van der Waals surface area contributed by atoms with Crippen LogP contribution in [0.25, 0.3) is 0 Å². The van der Waals surface area contributed by atoms with Gasteiger partial charge in [-0.15, -0.1) is 0 Å². The van der Waals surface area contributed by atoms with Gasteiger partial charge in [0.05, 0.1) is 0 Å². The topological polar surface area (TPSA) is 79.8 Å². The molecule has 6 nitrogen and oxygen atoms in total. The van der Waals surface area contributed by atoms with Gasteiger partial charge in [-0.25, -0.2) is 9.97 Å². The lowest BCUT2D eigenvalue weighted by atomic mass is 10.2. The minimum atomic E-state index is -0.146. The molecule has 1 aromatic carbocycles. The van der Waals surface area contributed by atoms with Crippen LogP contribution in [-0.4, -0.2) is 20.9 Å². The summed E-state index contributed by atoms with van der Waals surface area (Å²) in [5.74, 6) is 2.17. The molecule has 0 bridgehead atoms. The third-order valence-corrected chi connectivity index (χ3v) is 4.24. The van der Waals surface area contributed by atoms with Crippen LogP contribution in [0.1, 0.15) is 40.5 Å². The van der Waals surface area contributed by atoms with Crippen molar-refractivity contribution in [3.05, 3.63) is 78.0 Å². The van der Waals surface area contributed by atoms with E-state index in [0.717, 1.165) is 22.9 Å². The third-order valence-electron chi connectivity index (χ3n) is 4.24. The van der Waals surface area contributed by atoms with Crippen LogP contribution < -0.4 is 10.6 Å². The molecule has 3 aromatic rings. The fourth-order valence-corrected chi connectivity index (χ4v) is 2.62. The van der Waals surface area contributed by atoms with E-state index in [1.54, 1.807) is 30.7 Å². The first kappa shape index (κ1) is 16.2. The molecule has 1 fully saturated rings. The van der Waals surface area contributed by atoms with E-state index in [0.29, 0.717) is 18.0 Å². The molecule has 26 heavy (non-hydrogen) atoms. The summed E-state index contributed by atoms with van der Waals surface area (Å²) < 4.78 is 0. The first-order valence-corrected chi connectivity index (χ1v) is 8.65. The molecule has 2 aromatic heterocycles. The van der Waals surface area contributed by atoms with Gasteiger partial charge in [-0.1, -0.05) is 12.1 Å². The summed E-state index contributed by atoms with van der Waals surface area (Å²) in [5, 5.41) is 6.20. The Labute approximate surface area is 151 Å². The van der Waals surface area contributed by atoms with Crippen LogP contribution in [-0.2, 0) is 6.54 Å². The summed E-state index contributed by atoms with van der Waals surface area (Å²) in [5.41, 5.74) is 2.45. The highest BCUT2D eigenvalue weighted by atomic mass is 16.1. The van der Waals surface area contributed by atoms with Gasteiger partial charge < -0.3 is 10.6 Å². The van der Waals surface area contributed by atoms with Gasteiger partial charge in [0.1, 0.15) is 11.6 Å². The number of benzene rings is 1. The van der Waals surface area contributed by atoms with Crippen molar-refractivity contribution in [2.45, 2.75) is 25.3 Å². The van der Waals surface area contributed by atoms with Crippen molar-refractivity contribution in [1.82, 2.24) is 15.0 Å². The minimum absolute atomic E-state index is 0.146. The highest BCUT2D eigenvalue weighted by Crippen LogP contribution is 2.38. The number of aromatic nitrogens is 3. The molecule has 1 aliphatic carbocycles. The van der Waals surface area contributed by atoms with Gasteiger partial charge in [0.2, 0.25) is 0 Å². The van der Waals surface area contributed by atoms with E-state index in [2.05, 4.69) is 25.6 Å². The number of carbonyl (C=O) groups excluding carboxylic acids is 1. The molecule has 0 unspecified atom stereocenters. The largest absolute Gasteiger partial charge is 0.366 e. The van der Waals surface area contributed by atoms with Crippen molar-refractivity contribution in [2.75, 3.05) is 10.6 Å². The van der Waals surface area contributed by atoms with Crippen LogP contribution >= 0.6 is 0 Å². The Hall–Kier alpha value is -3.28. The first-order chi connectivity index (χ1) is 12.8. The zero-order valence-electron chi connectivity index (χ0n) is 14.2. The number of hydrogen-bond acceptors (Lipinski definition) is 5. The summed E-state index contributed by atoms with van der Waals surface area (Å²) in [6, 6.07) is 13.0. The van der Waals surface area contributed by atoms with Crippen LogP contribution in [0, 0.1) is 0 Å². The Morgan fingerprint density at radius 2 is 1.77 bits per heavy atom. The van der Waals surface area contributed by atoms with E-state index < -0.39 is 0 Å². The molecule has 1 aliphatic rings. The fraction of sp³-hybridized carbons (Fsp3) is 0.200. The van der Waals surface area contributed by atoms with Gasteiger partial charge >= 0.3 is 0 Å². The zero-order valence-corrected chi connectivity index (χ0v) is 14.2. The highest BCUT2D eigenvalue weighted by molar-refractivity contribution is 6.04. The second-order valence-electron chi connectivity index (χ2n) is 6.31. The van der Waals surface area contributed by atoms with Crippen LogP contribution in [0.15, 0.2) is 61.1 Å². The van der Waals surface area contributed by atoms with Gasteiger partial charge in [-0.2, -0.15) is 0 Å². The summed E-state index contributed by atoms with van der Waals surface area (Å²) in [6.07, 6.45) is 7.39. The highest BCUT2D eigenvalue weighted by Gasteiger charge is 2.26. The molecular formula is C20H19N5O. The number of nitrogens with one attached hydrogen (secondary N) is 2. The molecule has 130 valence electrons. The lowest BCUT2D eigenvalue weighted by Gasteiger charge is -2.09. The third kappa shape index (κ3) is 4.03. The number of nitrogens with zero attached hydrogens (tertiary/aromatic N) is 3. The number of amides is 1. The van der Waals surface area contributed by atoms with E-state index in [1.165, 1.54) is 12.8 Å². The SMILES string of the molecule is O=C(Nc1ccc(CNc2ccnc(C3CC3)n2)cc1)c1ccncc1. The fourth-order valence-electron chi connectivity index (χ4n) is 2.62. The van der Waals surface area contributed by atoms with E-state index >= 15 is 0 Å². The predicted octanol–water partition coefficient (Wildman–Crippen LogP) is 3.61. The van der Waals surface area contributed by atoms with Gasteiger partial charge in [0.15, 0.2) is 0 Å². The molecule has 1 saturated carbocycles. The van der Waals surface area contributed by atoms with E-state index in [-0.39, 0.29) is 5.91 Å². The van der Waals surface area contributed by atoms with Crippen LogP contribution in [0.2, 0.25) is 0 Å². The molecule has 2 heterocycles. The number of carbonyl (C=O) groups is 1. The Balaban J connectivity index is 1.34. The average Bonchev–Trinajstić information content (AvgIpc) is 3.54. The standard InChI is InChI=1S/C20H19N5O/c26-20(16-7-10-21-11-8-16)24-17-5-1-14(2-6-17)13-23-18-9-12-22-19(25-18)15-3-4-15/h1-2,5-12,15H,3-4,13H2,(H,24,26)(H,22,23,25). The van der Waals surface area contributed by atoms with E-state index in [9.17, 15) is 4.79 Å². The number of hydrogen-bond donors (Lipinski definition) is 2. The Kier molecular flexibility index (Phi) is 4.55. The molecule has 0 atom stereocenters. The lowest BCUT2D eigenvalue weighted by Crippen LogP contribution is -2.11. The molecule has 6 heteroatoms. The predicted molar refractivity (Wildman–Crippen MR) is 100.0 cm³/mol. The first-order valence-electron chi connectivity index (χ1n) is 8.65. The van der Waals surface area contributed by atoms with Gasteiger partial charge in [0, 0.05) is 42.3 Å². The maximum Gasteiger partial charge on any atom is 0.255 e. The number of anilines is 2. The van der Waals surface area contributed by atoms with Crippen molar-refractivity contribution in [3.8, 4) is 0 Å². The molecule has 0 saturated heterocycles. The Morgan fingerprint density at radius 3 is 2.50 bits per heavy atom. The van der Waals surface area contributed by atoms with Crippen molar-refractivity contribution >= 4 is 17.4 Å². The second-order valence-corrected chi connectivity index (χ2v) is 6.31. The molecule has 0 aliphatic heterocycles. The van der Waals surface area contributed by atoms with Crippen molar-refractivity contribution in [1.29, 1.82) is 0 Å². The maximum atomic E-state index is 12.1. The average molecular weight is 345 g/mol. The molecule has 0 radical (unpaired) electrons. The summed E-state index contributed by atoms with van der Waals surface area (Å²) in [7, 11) is 0. The lowest BCUT2D eigenvalue weighted by molar-refractivity contribution is 0.102. The minimum Gasteiger partial charge on any atom is -0.366 e. The Morgan fingerprint density at radius 1 is 1.00 bits per heavy atom. The molecule has 4 rings (SSSR count). The van der Waals surface area contributed by atoms with Gasteiger partial charge in [-0.05, 0) is 48.7 Å². The van der Waals surface area contributed by atoms with Crippen LogP contribution in [0.3, 0.4) is 0 Å².